The van der Waals surface area contributed by atoms with Gasteiger partial charge in [0.25, 0.3) is 5.91 Å². The van der Waals surface area contributed by atoms with Crippen LogP contribution in [0.3, 0.4) is 0 Å². The van der Waals surface area contributed by atoms with Crippen molar-refractivity contribution in [1.29, 1.82) is 0 Å². The minimum Gasteiger partial charge on any atom is -0.365 e. The number of aromatic nitrogens is 3. The number of halogens is 3. The maximum Gasteiger partial charge on any atom is 0.416 e. The average Bonchev–Trinajstić information content (AvgIpc) is 3.07. The SMILES string of the molecule is Cc1nn(-c2ccccn2)c(C)c1N1CCN(C(=O)c2cccc(C(F)(F)F)c2)CC1. The van der Waals surface area contributed by atoms with Gasteiger partial charge in [-0.05, 0) is 44.2 Å². The summed E-state index contributed by atoms with van der Waals surface area (Å²) in [5.74, 6) is 0.344. The summed E-state index contributed by atoms with van der Waals surface area (Å²) in [6, 6.07) is 10.2. The van der Waals surface area contributed by atoms with Gasteiger partial charge in [-0.1, -0.05) is 12.1 Å². The standard InChI is InChI=1S/C22H22F3N5O/c1-15-20(16(2)30(27-15)19-8-3-4-9-26-19)28-10-12-29(13-11-28)21(31)17-6-5-7-18(14-17)22(23,24)25/h3-9,14H,10-13H2,1-2H3. The number of hydrogen-bond acceptors (Lipinski definition) is 4. The fourth-order valence-corrected chi connectivity index (χ4v) is 3.94. The van der Waals surface area contributed by atoms with E-state index in [0.717, 1.165) is 35.0 Å². The molecule has 3 aromatic rings. The van der Waals surface area contributed by atoms with Gasteiger partial charge >= 0.3 is 6.18 Å². The fraction of sp³-hybridized carbons (Fsp3) is 0.318. The highest BCUT2D eigenvalue weighted by atomic mass is 19.4. The van der Waals surface area contributed by atoms with Crippen molar-refractivity contribution in [3.63, 3.8) is 0 Å². The third-order valence-electron chi connectivity index (χ3n) is 5.44. The minimum absolute atomic E-state index is 0.0543. The van der Waals surface area contributed by atoms with Gasteiger partial charge < -0.3 is 9.80 Å². The van der Waals surface area contributed by atoms with E-state index in [9.17, 15) is 18.0 Å². The zero-order chi connectivity index (χ0) is 22.2. The third kappa shape index (κ3) is 4.12. The molecule has 1 amide bonds. The molecule has 1 aliphatic heterocycles. The van der Waals surface area contributed by atoms with Crippen LogP contribution >= 0.6 is 0 Å². The van der Waals surface area contributed by atoms with Gasteiger partial charge in [0.2, 0.25) is 0 Å². The topological polar surface area (TPSA) is 54.3 Å². The van der Waals surface area contributed by atoms with Crippen LogP contribution in [0.2, 0.25) is 0 Å². The lowest BCUT2D eigenvalue weighted by atomic mass is 10.1. The predicted octanol–water partition coefficient (Wildman–Crippen LogP) is 3.87. The first-order valence-corrected chi connectivity index (χ1v) is 9.95. The van der Waals surface area contributed by atoms with Crippen LogP contribution in [0.15, 0.2) is 48.7 Å². The first-order chi connectivity index (χ1) is 14.8. The summed E-state index contributed by atoms with van der Waals surface area (Å²) in [5.41, 5.74) is 2.05. The third-order valence-corrected chi connectivity index (χ3v) is 5.44. The molecule has 6 nitrogen and oxygen atoms in total. The summed E-state index contributed by atoms with van der Waals surface area (Å²) in [6.45, 7) is 5.89. The van der Waals surface area contributed by atoms with Crippen molar-refractivity contribution in [3.05, 3.63) is 71.2 Å². The predicted molar refractivity (Wildman–Crippen MR) is 110 cm³/mol. The van der Waals surface area contributed by atoms with Gasteiger partial charge in [0.05, 0.1) is 22.6 Å². The van der Waals surface area contributed by atoms with Crippen molar-refractivity contribution in [2.45, 2.75) is 20.0 Å². The number of nitrogens with zero attached hydrogens (tertiary/aromatic N) is 5. The molecule has 0 atom stereocenters. The lowest BCUT2D eigenvalue weighted by Gasteiger charge is -2.36. The second-order valence-electron chi connectivity index (χ2n) is 7.48. The number of alkyl halides is 3. The van der Waals surface area contributed by atoms with Crippen LogP contribution < -0.4 is 4.90 Å². The van der Waals surface area contributed by atoms with Crippen LogP contribution in [-0.4, -0.2) is 51.8 Å². The molecule has 4 rings (SSSR count). The van der Waals surface area contributed by atoms with E-state index >= 15 is 0 Å². The molecule has 1 aliphatic rings. The molecule has 31 heavy (non-hydrogen) atoms. The van der Waals surface area contributed by atoms with E-state index in [2.05, 4.69) is 15.0 Å². The summed E-state index contributed by atoms with van der Waals surface area (Å²) in [6.07, 6.45) is -2.76. The number of benzene rings is 1. The highest BCUT2D eigenvalue weighted by Gasteiger charge is 2.32. The first-order valence-electron chi connectivity index (χ1n) is 9.95. The summed E-state index contributed by atoms with van der Waals surface area (Å²) >= 11 is 0. The smallest absolute Gasteiger partial charge is 0.365 e. The monoisotopic (exact) mass is 429 g/mol. The zero-order valence-corrected chi connectivity index (χ0v) is 17.2. The van der Waals surface area contributed by atoms with Crippen LogP contribution in [0.1, 0.15) is 27.3 Å². The number of hydrogen-bond donors (Lipinski definition) is 0. The van der Waals surface area contributed by atoms with Crippen molar-refractivity contribution >= 4 is 11.6 Å². The Bertz CT molecular complexity index is 1090. The molecule has 1 fully saturated rings. The molecule has 2 aromatic heterocycles. The number of carbonyl (C=O) groups excluding carboxylic acids is 1. The Kier molecular flexibility index (Phi) is 5.43. The van der Waals surface area contributed by atoms with Crippen LogP contribution in [0, 0.1) is 13.8 Å². The summed E-state index contributed by atoms with van der Waals surface area (Å²) in [4.78, 5) is 20.9. The van der Waals surface area contributed by atoms with Gasteiger partial charge in [0, 0.05) is 37.9 Å². The van der Waals surface area contributed by atoms with Gasteiger partial charge in [-0.2, -0.15) is 18.3 Å². The number of aryl methyl sites for hydroxylation is 1. The summed E-state index contributed by atoms with van der Waals surface area (Å²) < 4.78 is 40.7. The van der Waals surface area contributed by atoms with Gasteiger partial charge in [0.15, 0.2) is 5.82 Å². The summed E-state index contributed by atoms with van der Waals surface area (Å²) in [5, 5.41) is 4.62. The van der Waals surface area contributed by atoms with Crippen molar-refractivity contribution in [2.24, 2.45) is 0 Å². The molecule has 162 valence electrons. The highest BCUT2D eigenvalue weighted by Crippen LogP contribution is 2.30. The Morgan fingerprint density at radius 2 is 1.74 bits per heavy atom. The molecule has 1 aromatic carbocycles. The quantitative estimate of drug-likeness (QED) is 0.635. The van der Waals surface area contributed by atoms with Gasteiger partial charge in [-0.3, -0.25) is 4.79 Å². The van der Waals surface area contributed by atoms with Gasteiger partial charge in [0.1, 0.15) is 0 Å². The Morgan fingerprint density at radius 3 is 2.39 bits per heavy atom. The number of piperazine rings is 1. The molecule has 3 heterocycles. The molecule has 9 heteroatoms. The lowest BCUT2D eigenvalue weighted by molar-refractivity contribution is -0.137. The van der Waals surface area contributed by atoms with E-state index in [1.807, 2.05) is 32.0 Å². The molecule has 1 saturated heterocycles. The van der Waals surface area contributed by atoms with E-state index in [1.54, 1.807) is 15.8 Å². The number of anilines is 1. The average molecular weight is 429 g/mol. The van der Waals surface area contributed by atoms with Crippen molar-refractivity contribution in [2.75, 3.05) is 31.1 Å². The molecular weight excluding hydrogens is 407 g/mol. The van der Waals surface area contributed by atoms with E-state index in [0.29, 0.717) is 26.2 Å². The second-order valence-corrected chi connectivity index (χ2v) is 7.48. The number of amides is 1. The van der Waals surface area contributed by atoms with Crippen molar-refractivity contribution in [1.82, 2.24) is 19.7 Å². The maximum absolute atomic E-state index is 13.0. The Balaban J connectivity index is 1.49. The Labute approximate surface area is 177 Å². The van der Waals surface area contributed by atoms with E-state index < -0.39 is 11.7 Å². The maximum atomic E-state index is 13.0. The molecule has 0 radical (unpaired) electrons. The fourth-order valence-electron chi connectivity index (χ4n) is 3.94. The van der Waals surface area contributed by atoms with E-state index in [4.69, 9.17) is 0 Å². The molecule has 0 unspecified atom stereocenters. The highest BCUT2D eigenvalue weighted by molar-refractivity contribution is 5.94. The number of pyridine rings is 1. The Hall–Kier alpha value is -3.36. The van der Waals surface area contributed by atoms with Crippen LogP contribution in [0.4, 0.5) is 18.9 Å². The zero-order valence-electron chi connectivity index (χ0n) is 17.2. The van der Waals surface area contributed by atoms with E-state index in [1.165, 1.54) is 12.1 Å². The minimum atomic E-state index is -4.47. The van der Waals surface area contributed by atoms with Gasteiger partial charge in [-0.15, -0.1) is 0 Å². The molecule has 0 bridgehead atoms. The molecule has 0 saturated carbocycles. The lowest BCUT2D eigenvalue weighted by Crippen LogP contribution is -2.49. The second kappa shape index (κ2) is 8.05. The number of carbonyl (C=O) groups is 1. The first kappa shape index (κ1) is 20.9. The molecule has 0 spiro atoms. The van der Waals surface area contributed by atoms with E-state index in [-0.39, 0.29) is 11.5 Å². The normalized spacial score (nSPS) is 14.7. The Morgan fingerprint density at radius 1 is 1.00 bits per heavy atom. The van der Waals surface area contributed by atoms with Crippen LogP contribution in [0.25, 0.3) is 5.82 Å². The largest absolute Gasteiger partial charge is 0.416 e. The summed E-state index contributed by atoms with van der Waals surface area (Å²) in [7, 11) is 0. The van der Waals surface area contributed by atoms with Crippen molar-refractivity contribution < 1.29 is 18.0 Å². The van der Waals surface area contributed by atoms with Crippen molar-refractivity contribution in [3.8, 4) is 5.82 Å². The molecular formula is C22H22F3N5O. The molecule has 0 aliphatic carbocycles. The number of rotatable bonds is 3. The van der Waals surface area contributed by atoms with Crippen LogP contribution in [-0.2, 0) is 6.18 Å². The van der Waals surface area contributed by atoms with Crippen LogP contribution in [0.5, 0.6) is 0 Å². The van der Waals surface area contributed by atoms with Gasteiger partial charge in [-0.25, -0.2) is 9.67 Å². The molecule has 0 N–H and O–H groups in total.